The number of esters is 1. The molecule has 2 atom stereocenters. The van der Waals surface area contributed by atoms with E-state index in [1.54, 1.807) is 18.1 Å². The number of ether oxygens (including phenoxy) is 2. The lowest BCUT2D eigenvalue weighted by Crippen LogP contribution is -2.60. The quantitative estimate of drug-likeness (QED) is 0.128. The van der Waals surface area contributed by atoms with Crippen LogP contribution in [0.25, 0.3) is 0 Å². The van der Waals surface area contributed by atoms with E-state index >= 15 is 0 Å². The van der Waals surface area contributed by atoms with Gasteiger partial charge in [-0.3, -0.25) is 14.4 Å². The van der Waals surface area contributed by atoms with Crippen LogP contribution in [-0.4, -0.2) is 108 Å². The fourth-order valence-electron chi connectivity index (χ4n) is 9.11. The average molecular weight is 832 g/mol. The summed E-state index contributed by atoms with van der Waals surface area (Å²) in [6.07, 6.45) is 15.0. The maximum Gasteiger partial charge on any atom is 0.328 e. The number of carbonyl (C=O) groups excluding carboxylic acids is 4. The zero-order valence-electron chi connectivity index (χ0n) is 37.7. The number of hydrogen-bond acceptors (Lipinski definition) is 9. The van der Waals surface area contributed by atoms with Crippen LogP contribution < -0.4 is 20.7 Å². The third-order valence-corrected chi connectivity index (χ3v) is 12.7. The summed E-state index contributed by atoms with van der Waals surface area (Å²) in [5.74, 6) is 1.84. The number of piperidine rings is 1. The molecule has 13 nitrogen and oxygen atoms in total. The molecule has 2 aliphatic carbocycles. The van der Waals surface area contributed by atoms with Gasteiger partial charge in [-0.05, 0) is 127 Å². The number of hydrogen-bond donors (Lipinski definition) is 3. The van der Waals surface area contributed by atoms with Crippen LogP contribution in [0, 0.1) is 5.92 Å². The predicted octanol–water partition coefficient (Wildman–Crippen LogP) is 7.54. The molecule has 0 aromatic heterocycles. The molecule has 1 aromatic rings. The van der Waals surface area contributed by atoms with E-state index in [1.165, 1.54) is 0 Å². The Morgan fingerprint density at radius 1 is 1.00 bits per heavy atom. The topological polar surface area (TPSA) is 145 Å². The van der Waals surface area contributed by atoms with Gasteiger partial charge >= 0.3 is 5.97 Å². The van der Waals surface area contributed by atoms with Crippen molar-refractivity contribution in [2.75, 3.05) is 39.1 Å². The number of anilines is 1. The molecule has 2 heterocycles. The van der Waals surface area contributed by atoms with Gasteiger partial charge in [0.15, 0.2) is 5.84 Å². The number of aliphatic imine (C=N–C) groups is 1. The summed E-state index contributed by atoms with van der Waals surface area (Å²) in [6, 6.07) is 4.88. The number of likely N-dealkylation sites (tertiary alicyclic amines) is 1. The number of methoxy groups -OCH3 is 1. The summed E-state index contributed by atoms with van der Waals surface area (Å²) >= 11 is 0. The van der Waals surface area contributed by atoms with Crippen LogP contribution in [0.5, 0.6) is 5.75 Å². The molecule has 332 valence electrons. The Kier molecular flexibility index (Phi) is 17.5. The molecule has 0 bridgehead atoms. The number of amides is 3. The highest BCUT2D eigenvalue weighted by molar-refractivity contribution is 6.08. The van der Waals surface area contributed by atoms with Crippen LogP contribution in [0.4, 0.5) is 5.69 Å². The van der Waals surface area contributed by atoms with Crippen molar-refractivity contribution in [2.45, 2.75) is 168 Å². The molecule has 2 saturated heterocycles. The van der Waals surface area contributed by atoms with E-state index in [-0.39, 0.29) is 53.8 Å². The average Bonchev–Trinajstić information content (AvgIpc) is 3.97. The van der Waals surface area contributed by atoms with Crippen molar-refractivity contribution in [3.05, 3.63) is 46.9 Å². The minimum absolute atomic E-state index is 0.0197. The SMILES string of the molecule is C/C=C1\C(=N/C(Nc2ccc(C(=O)NC3CCN(CCCC(=O)NC(CC(C)C)C(=O)OC4CCCC4)CC3)cc2OC)=C(C)CC)N(C2CCCC2)C(CC)C(=O)N1C. The number of nitrogens with zero attached hydrogens (tertiary/aromatic N) is 4. The van der Waals surface area contributed by atoms with Crippen LogP contribution in [0.15, 0.2) is 46.4 Å². The summed E-state index contributed by atoms with van der Waals surface area (Å²) in [5, 5.41) is 9.73. The summed E-state index contributed by atoms with van der Waals surface area (Å²) in [5.41, 5.74) is 3.07. The van der Waals surface area contributed by atoms with Crippen LogP contribution >= 0.6 is 0 Å². The van der Waals surface area contributed by atoms with Crippen molar-refractivity contribution < 1.29 is 28.7 Å². The highest BCUT2D eigenvalue weighted by Crippen LogP contribution is 2.34. The number of piperazine rings is 1. The van der Waals surface area contributed by atoms with Gasteiger partial charge in [0.2, 0.25) is 11.8 Å². The molecule has 1 aromatic carbocycles. The number of amidine groups is 1. The Hall–Kier alpha value is -4.39. The highest BCUT2D eigenvalue weighted by Gasteiger charge is 2.43. The third kappa shape index (κ3) is 12.1. The van der Waals surface area contributed by atoms with Crippen LogP contribution in [-0.2, 0) is 19.1 Å². The van der Waals surface area contributed by atoms with Crippen molar-refractivity contribution in [3.8, 4) is 5.75 Å². The zero-order valence-corrected chi connectivity index (χ0v) is 37.7. The lowest BCUT2D eigenvalue weighted by molar-refractivity contribution is -0.153. The smallest absolute Gasteiger partial charge is 0.328 e. The molecule has 0 radical (unpaired) electrons. The van der Waals surface area contributed by atoms with Gasteiger partial charge in [-0.1, -0.05) is 46.6 Å². The van der Waals surface area contributed by atoms with Crippen molar-refractivity contribution >= 4 is 35.2 Å². The second-order valence-corrected chi connectivity index (χ2v) is 17.6. The zero-order chi connectivity index (χ0) is 43.3. The molecule has 13 heteroatoms. The van der Waals surface area contributed by atoms with E-state index in [0.717, 1.165) is 107 Å². The summed E-state index contributed by atoms with van der Waals surface area (Å²) in [6.45, 7) is 14.7. The van der Waals surface area contributed by atoms with Crippen molar-refractivity contribution in [3.63, 3.8) is 0 Å². The molecule has 60 heavy (non-hydrogen) atoms. The Morgan fingerprint density at radius 3 is 2.30 bits per heavy atom. The summed E-state index contributed by atoms with van der Waals surface area (Å²) < 4.78 is 11.6. The van der Waals surface area contributed by atoms with Gasteiger partial charge < -0.3 is 40.1 Å². The van der Waals surface area contributed by atoms with Crippen molar-refractivity contribution in [1.29, 1.82) is 0 Å². The van der Waals surface area contributed by atoms with Gasteiger partial charge in [0, 0.05) is 44.2 Å². The van der Waals surface area contributed by atoms with Crippen LogP contribution in [0.3, 0.4) is 0 Å². The molecular weight excluding hydrogens is 759 g/mol. The number of nitrogens with one attached hydrogen (secondary N) is 3. The largest absolute Gasteiger partial charge is 0.495 e. The number of benzene rings is 1. The van der Waals surface area contributed by atoms with E-state index in [2.05, 4.69) is 46.5 Å². The van der Waals surface area contributed by atoms with E-state index in [9.17, 15) is 19.2 Å². The maximum atomic E-state index is 13.6. The van der Waals surface area contributed by atoms with Gasteiger partial charge in [0.1, 0.15) is 29.8 Å². The fraction of sp³-hybridized carbons (Fsp3) is 0.681. The molecule has 4 aliphatic rings. The minimum Gasteiger partial charge on any atom is -0.495 e. The normalized spacial score (nSPS) is 22.1. The molecule has 2 aliphatic heterocycles. The fourth-order valence-corrected chi connectivity index (χ4v) is 9.11. The highest BCUT2D eigenvalue weighted by atomic mass is 16.5. The third-order valence-electron chi connectivity index (χ3n) is 12.7. The first-order valence-corrected chi connectivity index (χ1v) is 22.9. The molecule has 2 unspecified atom stereocenters. The Bertz CT molecular complexity index is 1740. The molecule has 4 fully saturated rings. The van der Waals surface area contributed by atoms with E-state index < -0.39 is 6.04 Å². The van der Waals surface area contributed by atoms with E-state index in [4.69, 9.17) is 14.5 Å². The standard InChI is InChI=1S/C47H73N7O6/c1-9-32(6)43(51-44-39(10-2)52(7)46(57)40(11-3)54(44)35-17-12-13-18-35)50-37-23-22-33(30-41(37)59-8)45(56)48-34-24-27-53(28-25-34)26-16-21-42(55)49-38(29-31(4)5)47(58)60-36-19-14-15-20-36/h10,22-23,30-31,34-36,38,40,50H,9,11-21,24-29H2,1-8H3,(H,48,56)(H,49,55)/b39-10+,43-32?,51-44+. The van der Waals surface area contributed by atoms with Gasteiger partial charge in [-0.25, -0.2) is 9.79 Å². The molecular formula is C47H73N7O6. The Labute approximate surface area is 359 Å². The number of rotatable bonds is 18. The van der Waals surface area contributed by atoms with Gasteiger partial charge in [-0.15, -0.1) is 0 Å². The van der Waals surface area contributed by atoms with Crippen LogP contribution in [0.1, 0.15) is 148 Å². The summed E-state index contributed by atoms with van der Waals surface area (Å²) in [7, 11) is 3.44. The van der Waals surface area contributed by atoms with Crippen molar-refractivity contribution in [1.82, 2.24) is 25.3 Å². The summed E-state index contributed by atoms with van der Waals surface area (Å²) in [4.78, 5) is 64.5. The molecule has 5 rings (SSSR count). The van der Waals surface area contributed by atoms with Gasteiger partial charge in [0.05, 0.1) is 18.5 Å². The Morgan fingerprint density at radius 2 is 1.68 bits per heavy atom. The molecule has 3 N–H and O–H groups in total. The second kappa shape index (κ2) is 22.5. The lowest BCUT2D eigenvalue weighted by Gasteiger charge is -2.45. The van der Waals surface area contributed by atoms with Gasteiger partial charge in [-0.2, -0.15) is 0 Å². The molecule has 0 spiro atoms. The molecule has 2 saturated carbocycles. The van der Waals surface area contributed by atoms with Crippen molar-refractivity contribution in [2.24, 2.45) is 10.9 Å². The Balaban J connectivity index is 1.16. The minimum atomic E-state index is -0.602. The molecule has 3 amide bonds. The van der Waals surface area contributed by atoms with E-state index in [1.807, 2.05) is 46.0 Å². The second-order valence-electron chi connectivity index (χ2n) is 17.6. The number of carbonyl (C=O) groups is 4. The monoisotopic (exact) mass is 832 g/mol. The number of likely N-dealkylation sites (N-methyl/N-ethyl adjacent to an activating group) is 1. The van der Waals surface area contributed by atoms with E-state index in [0.29, 0.717) is 48.5 Å². The predicted molar refractivity (Wildman–Crippen MR) is 238 cm³/mol. The maximum absolute atomic E-state index is 13.6. The van der Waals surface area contributed by atoms with Gasteiger partial charge in [0.25, 0.3) is 5.91 Å². The first kappa shape index (κ1) is 46.7. The lowest BCUT2D eigenvalue weighted by atomic mass is 10.0. The first-order chi connectivity index (χ1) is 28.9. The van der Waals surface area contributed by atoms with Crippen LogP contribution in [0.2, 0.25) is 0 Å². The first-order valence-electron chi connectivity index (χ1n) is 22.9. The number of allylic oxidation sites excluding steroid dienone is 2.